The quantitative estimate of drug-likeness (QED) is 0.852. The zero-order chi connectivity index (χ0) is 15.7. The third-order valence-corrected chi connectivity index (χ3v) is 4.69. The average molecular weight is 301 g/mol. The minimum Gasteiger partial charge on any atom is -0.372 e. The van der Waals surface area contributed by atoms with E-state index in [0.717, 1.165) is 13.0 Å². The lowest BCUT2D eigenvalue weighted by Gasteiger charge is -2.33. The maximum atomic E-state index is 12.9. The van der Waals surface area contributed by atoms with E-state index < -0.39 is 0 Å². The van der Waals surface area contributed by atoms with Crippen LogP contribution in [0, 0.1) is 5.92 Å². The van der Waals surface area contributed by atoms with Crippen LogP contribution >= 0.6 is 0 Å². The molecule has 5 nitrogen and oxygen atoms in total. The van der Waals surface area contributed by atoms with Crippen LogP contribution in [0.4, 0.5) is 5.69 Å². The van der Waals surface area contributed by atoms with Crippen LogP contribution in [0.5, 0.6) is 0 Å². The maximum Gasteiger partial charge on any atom is 0.226 e. The van der Waals surface area contributed by atoms with Crippen LogP contribution in [-0.4, -0.2) is 42.9 Å². The van der Waals surface area contributed by atoms with Crippen molar-refractivity contribution in [2.24, 2.45) is 5.92 Å². The molecule has 0 bridgehead atoms. The van der Waals surface area contributed by atoms with Gasteiger partial charge >= 0.3 is 0 Å². The fourth-order valence-corrected chi connectivity index (χ4v) is 3.47. The Kier molecular flexibility index (Phi) is 4.05. The van der Waals surface area contributed by atoms with Gasteiger partial charge in [0.2, 0.25) is 11.8 Å². The molecule has 0 aliphatic carbocycles. The summed E-state index contributed by atoms with van der Waals surface area (Å²) < 4.78 is 0. The average Bonchev–Trinajstić information content (AvgIpc) is 2.63. The summed E-state index contributed by atoms with van der Waals surface area (Å²) in [5.74, 6) is -0.0659. The van der Waals surface area contributed by atoms with E-state index in [1.807, 2.05) is 17.0 Å². The molecule has 22 heavy (non-hydrogen) atoms. The number of amides is 2. The van der Waals surface area contributed by atoms with E-state index in [4.69, 9.17) is 0 Å². The van der Waals surface area contributed by atoms with Gasteiger partial charge in [-0.2, -0.15) is 0 Å². The Hall–Kier alpha value is -2.04. The molecule has 2 atom stereocenters. The first-order valence-electron chi connectivity index (χ1n) is 7.92. The molecular weight excluding hydrogens is 278 g/mol. The first-order valence-corrected chi connectivity index (χ1v) is 7.92. The fraction of sp³-hybridized carbons (Fsp3) is 0.529. The van der Waals surface area contributed by atoms with Crippen LogP contribution in [0.25, 0.3) is 0 Å². The van der Waals surface area contributed by atoms with Gasteiger partial charge < -0.3 is 15.1 Å². The second kappa shape index (κ2) is 5.99. The summed E-state index contributed by atoms with van der Waals surface area (Å²) in [6.45, 7) is 4.12. The minimum absolute atomic E-state index is 0.00964. The first-order chi connectivity index (χ1) is 10.6. The van der Waals surface area contributed by atoms with Crippen molar-refractivity contribution in [3.63, 3.8) is 0 Å². The van der Waals surface area contributed by atoms with Gasteiger partial charge in [0.15, 0.2) is 0 Å². The van der Waals surface area contributed by atoms with Crippen molar-refractivity contribution < 1.29 is 9.59 Å². The van der Waals surface area contributed by atoms with E-state index in [-0.39, 0.29) is 23.8 Å². The van der Waals surface area contributed by atoms with Crippen LogP contribution in [0.15, 0.2) is 24.3 Å². The third kappa shape index (κ3) is 2.80. The molecule has 0 saturated carbocycles. The highest BCUT2D eigenvalue weighted by Gasteiger charge is 2.33. The molecular formula is C17H23N3O2. The molecule has 1 N–H and O–H groups in total. The summed E-state index contributed by atoms with van der Waals surface area (Å²) >= 11 is 0. The molecule has 1 aromatic carbocycles. The number of nitrogens with one attached hydrogen (secondary N) is 1. The van der Waals surface area contributed by atoms with E-state index in [2.05, 4.69) is 36.3 Å². The zero-order valence-corrected chi connectivity index (χ0v) is 13.2. The van der Waals surface area contributed by atoms with Crippen molar-refractivity contribution in [1.29, 1.82) is 0 Å². The van der Waals surface area contributed by atoms with E-state index in [1.165, 1.54) is 11.3 Å². The molecule has 0 spiro atoms. The number of hydrogen-bond donors (Lipinski definition) is 1. The number of carbonyl (C=O) groups excluding carboxylic acids is 2. The molecule has 118 valence electrons. The summed E-state index contributed by atoms with van der Waals surface area (Å²) in [5, 5.41) is 2.80. The van der Waals surface area contributed by atoms with Crippen molar-refractivity contribution in [3.8, 4) is 0 Å². The van der Waals surface area contributed by atoms with Gasteiger partial charge in [-0.3, -0.25) is 9.59 Å². The molecule has 3 rings (SSSR count). The minimum atomic E-state index is -0.174. The topological polar surface area (TPSA) is 52.6 Å². The molecule has 1 aromatic rings. The molecule has 1 saturated heterocycles. The lowest BCUT2D eigenvalue weighted by molar-refractivity contribution is -0.142. The number of fused-ring (bicyclic) bond motifs is 1. The van der Waals surface area contributed by atoms with Crippen LogP contribution in [0.3, 0.4) is 0 Å². The van der Waals surface area contributed by atoms with Crippen molar-refractivity contribution in [1.82, 2.24) is 10.2 Å². The van der Waals surface area contributed by atoms with Crippen molar-refractivity contribution in [2.75, 3.05) is 25.0 Å². The van der Waals surface area contributed by atoms with Crippen molar-refractivity contribution in [3.05, 3.63) is 29.8 Å². The van der Waals surface area contributed by atoms with Gasteiger partial charge in [-0.25, -0.2) is 0 Å². The molecule has 2 heterocycles. The normalized spacial score (nSPS) is 25.3. The molecule has 5 heteroatoms. The Morgan fingerprint density at radius 1 is 1.32 bits per heavy atom. The summed E-state index contributed by atoms with van der Waals surface area (Å²) in [6, 6.07) is 8.36. The monoisotopic (exact) mass is 301 g/mol. The maximum absolute atomic E-state index is 12.9. The Labute approximate surface area is 131 Å². The number of hydrogen-bond acceptors (Lipinski definition) is 3. The Morgan fingerprint density at radius 3 is 2.86 bits per heavy atom. The van der Waals surface area contributed by atoms with Gasteiger partial charge in [-0.1, -0.05) is 18.2 Å². The first kappa shape index (κ1) is 14.9. The highest BCUT2D eigenvalue weighted by Crippen LogP contribution is 2.28. The Morgan fingerprint density at radius 2 is 2.09 bits per heavy atom. The number of carbonyl (C=O) groups is 2. The zero-order valence-electron chi connectivity index (χ0n) is 13.2. The van der Waals surface area contributed by atoms with Gasteiger partial charge in [0.05, 0.1) is 0 Å². The van der Waals surface area contributed by atoms with Gasteiger partial charge in [-0.05, 0) is 25.0 Å². The lowest BCUT2D eigenvalue weighted by Crippen LogP contribution is -2.47. The summed E-state index contributed by atoms with van der Waals surface area (Å²) in [7, 11) is 2.07. The van der Waals surface area contributed by atoms with Gasteiger partial charge in [0.1, 0.15) is 0 Å². The largest absolute Gasteiger partial charge is 0.372 e. The van der Waals surface area contributed by atoms with Crippen molar-refractivity contribution in [2.45, 2.75) is 32.4 Å². The summed E-state index contributed by atoms with van der Waals surface area (Å²) in [6.07, 6.45) is 1.06. The van der Waals surface area contributed by atoms with Crippen LogP contribution in [0.2, 0.25) is 0 Å². The van der Waals surface area contributed by atoms with Crippen LogP contribution < -0.4 is 10.2 Å². The molecule has 0 aromatic heterocycles. The number of anilines is 1. The van der Waals surface area contributed by atoms with E-state index >= 15 is 0 Å². The second-order valence-corrected chi connectivity index (χ2v) is 6.36. The predicted molar refractivity (Wildman–Crippen MR) is 85.5 cm³/mol. The summed E-state index contributed by atoms with van der Waals surface area (Å²) in [4.78, 5) is 28.6. The number of rotatable bonds is 1. The molecule has 2 aliphatic rings. The molecule has 0 radical (unpaired) electrons. The SMILES string of the molecule is C[C@@H]1CN(C)c2ccccc2CN1C(=O)[C@@H]1CCNC(=O)C1. The predicted octanol–water partition coefficient (Wildman–Crippen LogP) is 1.38. The van der Waals surface area contributed by atoms with E-state index in [0.29, 0.717) is 19.5 Å². The number of benzene rings is 1. The Bertz CT molecular complexity index is 587. The van der Waals surface area contributed by atoms with E-state index in [9.17, 15) is 9.59 Å². The molecule has 2 amide bonds. The van der Waals surface area contributed by atoms with Gasteiger partial charge in [0.25, 0.3) is 0 Å². The van der Waals surface area contributed by atoms with Gasteiger partial charge in [-0.15, -0.1) is 0 Å². The number of nitrogens with zero attached hydrogens (tertiary/aromatic N) is 2. The van der Waals surface area contributed by atoms with Gasteiger partial charge in [0, 0.05) is 50.7 Å². The Balaban J connectivity index is 1.84. The van der Waals surface area contributed by atoms with E-state index in [1.54, 1.807) is 0 Å². The number of para-hydroxylation sites is 1. The fourth-order valence-electron chi connectivity index (χ4n) is 3.47. The highest BCUT2D eigenvalue weighted by atomic mass is 16.2. The highest BCUT2D eigenvalue weighted by molar-refractivity contribution is 5.87. The molecule has 1 fully saturated rings. The van der Waals surface area contributed by atoms with Crippen LogP contribution in [0.1, 0.15) is 25.3 Å². The molecule has 2 aliphatic heterocycles. The van der Waals surface area contributed by atoms with Crippen molar-refractivity contribution >= 4 is 17.5 Å². The smallest absolute Gasteiger partial charge is 0.226 e. The standard InChI is InChI=1S/C17H23N3O2/c1-12-10-19(2)15-6-4-3-5-14(15)11-20(12)17(22)13-7-8-18-16(21)9-13/h3-6,12-13H,7-11H2,1-2H3,(H,18,21)/t12-,13-/m1/s1. The number of likely N-dealkylation sites (N-methyl/N-ethyl adjacent to an activating group) is 1. The third-order valence-electron chi connectivity index (χ3n) is 4.69. The second-order valence-electron chi connectivity index (χ2n) is 6.36. The number of piperidine rings is 1. The van der Waals surface area contributed by atoms with Crippen LogP contribution in [-0.2, 0) is 16.1 Å². The lowest BCUT2D eigenvalue weighted by atomic mass is 9.95. The molecule has 0 unspecified atom stereocenters. The summed E-state index contributed by atoms with van der Waals surface area (Å²) in [5.41, 5.74) is 2.36.